The van der Waals surface area contributed by atoms with E-state index in [1.807, 2.05) is 60.3 Å². The zero-order valence-electron chi connectivity index (χ0n) is 15.3. The van der Waals surface area contributed by atoms with Crippen molar-refractivity contribution in [2.24, 2.45) is 7.05 Å². The van der Waals surface area contributed by atoms with Gasteiger partial charge < -0.3 is 0 Å². The minimum Gasteiger partial charge on any atom is -0.299 e. The second-order valence-electron chi connectivity index (χ2n) is 7.01. The highest BCUT2D eigenvalue weighted by Crippen LogP contribution is 2.25. The van der Waals surface area contributed by atoms with Gasteiger partial charge >= 0.3 is 0 Å². The fourth-order valence-corrected chi connectivity index (χ4v) is 3.96. The van der Waals surface area contributed by atoms with E-state index in [4.69, 9.17) is 0 Å². The Kier molecular flexibility index (Phi) is 4.76. The van der Waals surface area contributed by atoms with Gasteiger partial charge in [0.2, 0.25) is 0 Å². The van der Waals surface area contributed by atoms with Crippen molar-refractivity contribution >= 4 is 0 Å². The molecular formula is C22H25N3O. The van der Waals surface area contributed by atoms with Crippen molar-refractivity contribution in [1.29, 1.82) is 0 Å². The van der Waals surface area contributed by atoms with Crippen molar-refractivity contribution in [1.82, 2.24) is 14.3 Å². The van der Waals surface area contributed by atoms with Gasteiger partial charge in [-0.3, -0.25) is 14.4 Å². The van der Waals surface area contributed by atoms with Crippen molar-refractivity contribution in [3.8, 4) is 16.9 Å². The predicted octanol–water partition coefficient (Wildman–Crippen LogP) is 3.83. The number of aromatic nitrogens is 2. The molecule has 0 radical (unpaired) electrons. The third kappa shape index (κ3) is 3.13. The Morgan fingerprint density at radius 1 is 0.846 bits per heavy atom. The Labute approximate surface area is 154 Å². The average molecular weight is 347 g/mol. The number of rotatable bonds is 4. The molecule has 2 heterocycles. The number of benzene rings is 2. The molecule has 0 aliphatic carbocycles. The summed E-state index contributed by atoms with van der Waals surface area (Å²) >= 11 is 0. The summed E-state index contributed by atoms with van der Waals surface area (Å²) in [7, 11) is 1.98. The van der Waals surface area contributed by atoms with Gasteiger partial charge in [-0.2, -0.15) is 0 Å². The molecule has 3 aromatic rings. The number of likely N-dealkylation sites (tertiary alicyclic amines) is 1. The summed E-state index contributed by atoms with van der Waals surface area (Å²) in [4.78, 5) is 15.8. The highest BCUT2D eigenvalue weighted by Gasteiger charge is 2.22. The Morgan fingerprint density at radius 3 is 2.12 bits per heavy atom. The van der Waals surface area contributed by atoms with Crippen molar-refractivity contribution in [3.05, 3.63) is 76.6 Å². The molecule has 4 rings (SSSR count). The molecule has 0 N–H and O–H groups in total. The van der Waals surface area contributed by atoms with E-state index < -0.39 is 0 Å². The molecule has 0 unspecified atom stereocenters. The first-order valence-electron chi connectivity index (χ1n) is 9.40. The molecular weight excluding hydrogens is 322 g/mol. The van der Waals surface area contributed by atoms with Gasteiger partial charge in [0.05, 0.1) is 16.9 Å². The van der Waals surface area contributed by atoms with Crippen LogP contribution in [-0.2, 0) is 13.6 Å². The van der Waals surface area contributed by atoms with Gasteiger partial charge in [0.25, 0.3) is 5.56 Å². The SMILES string of the molecule is Cn1c(-c2ccccc2)c(CN2CCCCC2)c(=O)n1-c1ccccc1. The van der Waals surface area contributed by atoms with Crippen LogP contribution in [0.15, 0.2) is 65.5 Å². The lowest BCUT2D eigenvalue weighted by molar-refractivity contribution is 0.220. The summed E-state index contributed by atoms with van der Waals surface area (Å²) in [5.41, 5.74) is 3.99. The Hall–Kier alpha value is -2.59. The van der Waals surface area contributed by atoms with E-state index in [-0.39, 0.29) is 5.56 Å². The molecule has 1 aliphatic heterocycles. The summed E-state index contributed by atoms with van der Waals surface area (Å²) in [6, 6.07) is 20.1. The highest BCUT2D eigenvalue weighted by molar-refractivity contribution is 5.64. The molecule has 0 atom stereocenters. The molecule has 1 aliphatic rings. The molecule has 1 saturated heterocycles. The van der Waals surface area contributed by atoms with Crippen molar-refractivity contribution in [2.75, 3.05) is 13.1 Å². The van der Waals surface area contributed by atoms with Crippen LogP contribution in [0.25, 0.3) is 16.9 Å². The molecule has 0 amide bonds. The normalized spacial score (nSPS) is 15.3. The number of nitrogens with zero attached hydrogens (tertiary/aromatic N) is 3. The molecule has 4 heteroatoms. The maximum atomic E-state index is 13.4. The van der Waals surface area contributed by atoms with Crippen molar-refractivity contribution in [2.45, 2.75) is 25.8 Å². The quantitative estimate of drug-likeness (QED) is 0.718. The van der Waals surface area contributed by atoms with Gasteiger partial charge in [-0.05, 0) is 38.1 Å². The standard InChI is InChI=1S/C22H25N3O/c1-23-21(18-11-5-2-6-12-18)20(17-24-15-9-4-10-16-24)22(26)25(23)19-13-7-3-8-14-19/h2-3,5-8,11-14H,4,9-10,15-17H2,1H3. The first kappa shape index (κ1) is 16.9. The van der Waals surface area contributed by atoms with Crippen molar-refractivity contribution < 1.29 is 0 Å². The maximum Gasteiger partial charge on any atom is 0.276 e. The van der Waals surface area contributed by atoms with E-state index in [1.165, 1.54) is 19.3 Å². The topological polar surface area (TPSA) is 30.2 Å². The fraction of sp³-hybridized carbons (Fsp3) is 0.318. The molecule has 1 fully saturated rings. The van der Waals surface area contributed by atoms with Gasteiger partial charge in [0.1, 0.15) is 0 Å². The van der Waals surface area contributed by atoms with Crippen LogP contribution in [0, 0.1) is 0 Å². The van der Waals surface area contributed by atoms with Crippen molar-refractivity contribution in [3.63, 3.8) is 0 Å². The Balaban J connectivity index is 1.86. The average Bonchev–Trinajstić information content (AvgIpc) is 2.94. The second kappa shape index (κ2) is 7.34. The first-order valence-corrected chi connectivity index (χ1v) is 9.40. The molecule has 0 spiro atoms. The largest absolute Gasteiger partial charge is 0.299 e. The van der Waals surface area contributed by atoms with Gasteiger partial charge in [-0.1, -0.05) is 55.0 Å². The van der Waals surface area contributed by atoms with Crippen LogP contribution in [0.5, 0.6) is 0 Å². The van der Waals surface area contributed by atoms with Crippen LogP contribution in [0.3, 0.4) is 0 Å². The number of hydrogen-bond donors (Lipinski definition) is 0. The van der Waals surface area contributed by atoms with Crippen LogP contribution < -0.4 is 5.56 Å². The second-order valence-corrected chi connectivity index (χ2v) is 7.01. The Morgan fingerprint density at radius 2 is 1.46 bits per heavy atom. The smallest absolute Gasteiger partial charge is 0.276 e. The van der Waals surface area contributed by atoms with E-state index in [2.05, 4.69) is 17.0 Å². The fourth-order valence-electron chi connectivity index (χ4n) is 3.96. The molecule has 0 bridgehead atoms. The van der Waals surface area contributed by atoms with Gasteiger partial charge in [0, 0.05) is 19.2 Å². The lowest BCUT2D eigenvalue weighted by Crippen LogP contribution is -2.31. The molecule has 1 aromatic heterocycles. The van der Waals surface area contributed by atoms with E-state index in [0.29, 0.717) is 0 Å². The number of para-hydroxylation sites is 1. The van der Waals surface area contributed by atoms with Crippen LogP contribution >= 0.6 is 0 Å². The lowest BCUT2D eigenvalue weighted by atomic mass is 10.1. The van der Waals surface area contributed by atoms with Crippen LogP contribution in [0.1, 0.15) is 24.8 Å². The lowest BCUT2D eigenvalue weighted by Gasteiger charge is -2.26. The summed E-state index contributed by atoms with van der Waals surface area (Å²) in [5, 5.41) is 0. The van der Waals surface area contributed by atoms with Gasteiger partial charge in [-0.15, -0.1) is 0 Å². The summed E-state index contributed by atoms with van der Waals surface area (Å²) in [6.45, 7) is 2.87. The van der Waals surface area contributed by atoms with Gasteiger partial charge in [-0.25, -0.2) is 4.68 Å². The van der Waals surface area contributed by atoms with E-state index >= 15 is 0 Å². The Bertz CT molecular complexity index is 919. The van der Waals surface area contributed by atoms with E-state index in [9.17, 15) is 4.79 Å². The zero-order valence-corrected chi connectivity index (χ0v) is 15.3. The van der Waals surface area contributed by atoms with E-state index in [1.54, 1.807) is 4.68 Å². The molecule has 0 saturated carbocycles. The third-order valence-electron chi connectivity index (χ3n) is 5.24. The molecule has 134 valence electrons. The zero-order chi connectivity index (χ0) is 17.9. The van der Waals surface area contributed by atoms with Crippen LogP contribution in [0.4, 0.5) is 0 Å². The van der Waals surface area contributed by atoms with Crippen LogP contribution in [-0.4, -0.2) is 27.4 Å². The van der Waals surface area contributed by atoms with Gasteiger partial charge in [0.15, 0.2) is 0 Å². The first-order chi connectivity index (χ1) is 12.8. The summed E-state index contributed by atoms with van der Waals surface area (Å²) in [6.07, 6.45) is 3.74. The number of hydrogen-bond acceptors (Lipinski definition) is 2. The molecule has 2 aromatic carbocycles. The minimum atomic E-state index is 0.0862. The predicted molar refractivity (Wildman–Crippen MR) is 106 cm³/mol. The summed E-state index contributed by atoms with van der Waals surface area (Å²) < 4.78 is 3.80. The maximum absolute atomic E-state index is 13.4. The molecule has 4 nitrogen and oxygen atoms in total. The molecule has 26 heavy (non-hydrogen) atoms. The summed E-state index contributed by atoms with van der Waals surface area (Å²) in [5.74, 6) is 0. The third-order valence-corrected chi connectivity index (χ3v) is 5.24. The minimum absolute atomic E-state index is 0.0862. The van der Waals surface area contributed by atoms with E-state index in [0.717, 1.165) is 42.1 Å². The number of piperidine rings is 1. The highest BCUT2D eigenvalue weighted by atomic mass is 16.1. The monoisotopic (exact) mass is 347 g/mol. The van der Waals surface area contributed by atoms with Crippen LogP contribution in [0.2, 0.25) is 0 Å².